The molecule has 1 aromatic heterocycles. The van der Waals surface area contributed by atoms with Crippen LogP contribution in [0.25, 0.3) is 10.2 Å². The van der Waals surface area contributed by atoms with E-state index in [1.165, 1.54) is 23.3 Å². The molecule has 2 aromatic rings. The molecule has 4 heteroatoms. The van der Waals surface area contributed by atoms with Gasteiger partial charge in [0.1, 0.15) is 0 Å². The van der Waals surface area contributed by atoms with Gasteiger partial charge in [0.15, 0.2) is 0 Å². The third-order valence-corrected chi connectivity index (χ3v) is 4.29. The molecule has 0 saturated heterocycles. The molecule has 0 aliphatic heterocycles. The molecule has 3 nitrogen and oxygen atoms in total. The number of anilines is 1. The number of para-hydroxylation sites is 1. The van der Waals surface area contributed by atoms with Gasteiger partial charge in [-0.25, -0.2) is 4.98 Å². The Morgan fingerprint density at radius 1 is 1.39 bits per heavy atom. The normalized spacial score (nSPS) is 22.5. The van der Waals surface area contributed by atoms with E-state index < -0.39 is 0 Å². The summed E-state index contributed by atoms with van der Waals surface area (Å²) in [6, 6.07) is 8.18. The second-order valence-electron chi connectivity index (χ2n) is 4.98. The molecule has 0 bridgehead atoms. The molecule has 0 amide bonds. The van der Waals surface area contributed by atoms with E-state index in [0.29, 0.717) is 0 Å². The Bertz CT molecular complexity index is 540. The Morgan fingerprint density at radius 3 is 3.11 bits per heavy atom. The van der Waals surface area contributed by atoms with Crippen LogP contribution in [0, 0.1) is 5.92 Å². The summed E-state index contributed by atoms with van der Waals surface area (Å²) in [5.74, 6) is 0.773. The summed E-state index contributed by atoms with van der Waals surface area (Å²) in [7, 11) is 0. The average Bonchev–Trinajstić information content (AvgIpc) is 2.79. The lowest BCUT2D eigenvalue weighted by molar-refractivity contribution is 0.500. The monoisotopic (exact) mass is 259 g/mol. The summed E-state index contributed by atoms with van der Waals surface area (Å²) in [6.45, 7) is 2.30. The number of hydrazone groups is 1. The molecule has 0 spiro atoms. The van der Waals surface area contributed by atoms with E-state index in [-0.39, 0.29) is 0 Å². The minimum atomic E-state index is 0.773. The van der Waals surface area contributed by atoms with Crippen molar-refractivity contribution >= 4 is 32.4 Å². The van der Waals surface area contributed by atoms with Crippen LogP contribution in [0.2, 0.25) is 0 Å². The summed E-state index contributed by atoms with van der Waals surface area (Å²) in [5.41, 5.74) is 5.45. The van der Waals surface area contributed by atoms with E-state index >= 15 is 0 Å². The fraction of sp³-hybridized carbons (Fsp3) is 0.429. The molecule has 1 aliphatic rings. The third-order valence-electron chi connectivity index (χ3n) is 3.35. The van der Waals surface area contributed by atoms with Gasteiger partial charge in [0, 0.05) is 5.71 Å². The highest BCUT2D eigenvalue weighted by atomic mass is 32.1. The maximum atomic E-state index is 4.52. The summed E-state index contributed by atoms with van der Waals surface area (Å²) < 4.78 is 1.21. The van der Waals surface area contributed by atoms with Crippen molar-refractivity contribution in [3.8, 4) is 0 Å². The van der Waals surface area contributed by atoms with Gasteiger partial charge in [-0.1, -0.05) is 30.4 Å². The molecular weight excluding hydrogens is 242 g/mol. The Balaban J connectivity index is 1.74. The fourth-order valence-corrected chi connectivity index (χ4v) is 3.22. The lowest BCUT2D eigenvalue weighted by Gasteiger charge is -2.18. The van der Waals surface area contributed by atoms with Crippen LogP contribution < -0.4 is 5.43 Å². The molecule has 1 fully saturated rings. The van der Waals surface area contributed by atoms with Crippen LogP contribution in [0.1, 0.15) is 32.6 Å². The van der Waals surface area contributed by atoms with Gasteiger partial charge in [0.25, 0.3) is 0 Å². The molecule has 0 radical (unpaired) electrons. The van der Waals surface area contributed by atoms with Gasteiger partial charge in [0.2, 0.25) is 5.13 Å². The number of nitrogens with one attached hydrogen (secondary N) is 1. The minimum Gasteiger partial charge on any atom is -0.253 e. The summed E-state index contributed by atoms with van der Waals surface area (Å²) in [4.78, 5) is 4.52. The zero-order valence-corrected chi connectivity index (χ0v) is 11.3. The van der Waals surface area contributed by atoms with E-state index in [4.69, 9.17) is 0 Å². The Kier molecular flexibility index (Phi) is 3.28. The Morgan fingerprint density at radius 2 is 2.28 bits per heavy atom. The smallest absolute Gasteiger partial charge is 0.204 e. The van der Waals surface area contributed by atoms with E-state index in [1.54, 1.807) is 11.3 Å². The highest BCUT2D eigenvalue weighted by Gasteiger charge is 2.14. The van der Waals surface area contributed by atoms with Crippen LogP contribution in [0.5, 0.6) is 0 Å². The SMILES string of the molecule is CC1CCC/C(=N\Nc2nc3ccccc3s2)C1. The molecule has 3 rings (SSSR count). The van der Waals surface area contributed by atoms with E-state index in [0.717, 1.165) is 29.4 Å². The molecule has 1 atom stereocenters. The quantitative estimate of drug-likeness (QED) is 0.818. The van der Waals surface area contributed by atoms with Crippen molar-refractivity contribution in [3.05, 3.63) is 24.3 Å². The van der Waals surface area contributed by atoms with Gasteiger partial charge in [0.05, 0.1) is 10.2 Å². The molecular formula is C14H17N3S. The standard InChI is InChI=1S/C14H17N3S/c1-10-5-4-6-11(9-10)16-17-14-15-12-7-2-3-8-13(12)18-14/h2-3,7-8,10H,4-6,9H2,1H3,(H,15,17)/b16-11+. The van der Waals surface area contributed by atoms with Gasteiger partial charge < -0.3 is 0 Å². The first-order valence-electron chi connectivity index (χ1n) is 6.48. The number of nitrogens with zero attached hydrogens (tertiary/aromatic N) is 2. The van der Waals surface area contributed by atoms with Gasteiger partial charge in [-0.05, 0) is 43.7 Å². The number of thiazole rings is 1. The predicted octanol–water partition coefficient (Wildman–Crippen LogP) is 4.27. The highest BCUT2D eigenvalue weighted by molar-refractivity contribution is 7.22. The first kappa shape index (κ1) is 11.7. The molecule has 94 valence electrons. The lowest BCUT2D eigenvalue weighted by atomic mass is 9.89. The van der Waals surface area contributed by atoms with Crippen LogP contribution in [0.15, 0.2) is 29.4 Å². The molecule has 1 saturated carbocycles. The number of rotatable bonds is 2. The summed E-state index contributed by atoms with van der Waals surface area (Å²) >= 11 is 1.66. The molecule has 1 unspecified atom stereocenters. The number of benzene rings is 1. The number of aromatic nitrogens is 1. The van der Waals surface area contributed by atoms with E-state index in [9.17, 15) is 0 Å². The van der Waals surface area contributed by atoms with Crippen LogP contribution in [0.3, 0.4) is 0 Å². The van der Waals surface area contributed by atoms with Crippen molar-refractivity contribution in [3.63, 3.8) is 0 Å². The number of hydrogen-bond donors (Lipinski definition) is 1. The second-order valence-corrected chi connectivity index (χ2v) is 6.01. The van der Waals surface area contributed by atoms with Gasteiger partial charge >= 0.3 is 0 Å². The van der Waals surface area contributed by atoms with Gasteiger partial charge in [-0.15, -0.1) is 0 Å². The summed E-state index contributed by atoms with van der Waals surface area (Å²) in [5, 5.41) is 5.40. The highest BCUT2D eigenvalue weighted by Crippen LogP contribution is 2.26. The molecule has 1 heterocycles. The predicted molar refractivity (Wildman–Crippen MR) is 78.3 cm³/mol. The first-order chi connectivity index (χ1) is 8.81. The van der Waals surface area contributed by atoms with Gasteiger partial charge in [-0.2, -0.15) is 5.10 Å². The van der Waals surface area contributed by atoms with Crippen molar-refractivity contribution in [2.45, 2.75) is 32.6 Å². The number of fused-ring (bicyclic) bond motifs is 1. The Labute approximate surface area is 111 Å². The van der Waals surface area contributed by atoms with Crippen molar-refractivity contribution in [1.82, 2.24) is 4.98 Å². The van der Waals surface area contributed by atoms with E-state index in [1.807, 2.05) is 18.2 Å². The van der Waals surface area contributed by atoms with Crippen LogP contribution >= 0.6 is 11.3 Å². The maximum absolute atomic E-state index is 4.52. The molecule has 1 aliphatic carbocycles. The minimum absolute atomic E-state index is 0.773. The van der Waals surface area contributed by atoms with Crippen LogP contribution in [-0.2, 0) is 0 Å². The first-order valence-corrected chi connectivity index (χ1v) is 7.30. The maximum Gasteiger partial charge on any atom is 0.204 e. The molecule has 18 heavy (non-hydrogen) atoms. The molecule has 1 aromatic carbocycles. The second kappa shape index (κ2) is 5.06. The van der Waals surface area contributed by atoms with E-state index in [2.05, 4.69) is 28.5 Å². The topological polar surface area (TPSA) is 37.3 Å². The number of hydrogen-bond acceptors (Lipinski definition) is 4. The van der Waals surface area contributed by atoms with Crippen LogP contribution in [0.4, 0.5) is 5.13 Å². The van der Waals surface area contributed by atoms with Crippen molar-refractivity contribution in [2.75, 3.05) is 5.43 Å². The largest absolute Gasteiger partial charge is 0.253 e. The lowest BCUT2D eigenvalue weighted by Crippen LogP contribution is -2.13. The average molecular weight is 259 g/mol. The van der Waals surface area contributed by atoms with Crippen molar-refractivity contribution in [2.24, 2.45) is 11.0 Å². The zero-order valence-electron chi connectivity index (χ0n) is 10.5. The third kappa shape index (κ3) is 2.53. The van der Waals surface area contributed by atoms with Gasteiger partial charge in [-0.3, -0.25) is 5.43 Å². The fourth-order valence-electron chi connectivity index (χ4n) is 2.41. The van der Waals surface area contributed by atoms with Crippen molar-refractivity contribution < 1.29 is 0 Å². The summed E-state index contributed by atoms with van der Waals surface area (Å²) in [6.07, 6.45) is 4.85. The Hall–Kier alpha value is -1.42. The van der Waals surface area contributed by atoms with Crippen LogP contribution in [-0.4, -0.2) is 10.7 Å². The van der Waals surface area contributed by atoms with Crippen molar-refractivity contribution in [1.29, 1.82) is 0 Å². The zero-order chi connectivity index (χ0) is 12.4. The molecule has 1 N–H and O–H groups in total.